The first-order chi connectivity index (χ1) is 12.9. The van der Waals surface area contributed by atoms with Crippen molar-refractivity contribution in [1.82, 2.24) is 19.0 Å². The summed E-state index contributed by atoms with van der Waals surface area (Å²) in [6.07, 6.45) is 1.72. The third-order valence-electron chi connectivity index (χ3n) is 4.13. The summed E-state index contributed by atoms with van der Waals surface area (Å²) in [5.41, 5.74) is 1.88. The maximum atomic E-state index is 5.92. The highest BCUT2D eigenvalue weighted by Crippen LogP contribution is 2.30. The molecule has 2 N–H and O–H groups in total. The van der Waals surface area contributed by atoms with Crippen molar-refractivity contribution < 1.29 is 4.74 Å². The Balaban J connectivity index is 1.49. The first-order valence-corrected chi connectivity index (χ1v) is 9.30. The van der Waals surface area contributed by atoms with Crippen molar-refractivity contribution in [2.75, 3.05) is 36.4 Å². The number of benzene rings is 1. The molecule has 0 bridgehead atoms. The average Bonchev–Trinajstić information content (AvgIpc) is 3.17. The van der Waals surface area contributed by atoms with Gasteiger partial charge in [-0.2, -0.15) is 8.75 Å². The minimum atomic E-state index is 0.465. The van der Waals surface area contributed by atoms with Crippen LogP contribution in [0.4, 0.5) is 17.3 Å². The predicted octanol–water partition coefficient (Wildman–Crippen LogP) is 2.67. The molecule has 0 atom stereocenters. The van der Waals surface area contributed by atoms with Crippen LogP contribution in [0.15, 0.2) is 48.7 Å². The van der Waals surface area contributed by atoms with Gasteiger partial charge in [0.15, 0.2) is 11.6 Å². The largest absolute Gasteiger partial charge is 0.471 e. The van der Waals surface area contributed by atoms with Crippen LogP contribution in [0.5, 0.6) is 5.88 Å². The average molecular weight is 368 g/mol. The molecular formula is C18H20N6OS. The lowest BCUT2D eigenvalue weighted by molar-refractivity contribution is 0.295. The van der Waals surface area contributed by atoms with E-state index in [-0.39, 0.29) is 0 Å². The normalized spacial score (nSPS) is 14.2. The molecule has 0 spiro atoms. The Labute approximate surface area is 156 Å². The Bertz CT molecular complexity index is 834. The van der Waals surface area contributed by atoms with E-state index in [2.05, 4.69) is 29.3 Å². The number of pyridine rings is 1. The van der Waals surface area contributed by atoms with Gasteiger partial charge in [0.05, 0.1) is 11.7 Å². The van der Waals surface area contributed by atoms with Crippen molar-refractivity contribution in [2.45, 2.75) is 6.61 Å². The summed E-state index contributed by atoms with van der Waals surface area (Å²) in [7, 11) is 0. The fourth-order valence-electron chi connectivity index (χ4n) is 2.80. The van der Waals surface area contributed by atoms with Gasteiger partial charge in [-0.05, 0) is 17.7 Å². The van der Waals surface area contributed by atoms with Crippen LogP contribution in [0.25, 0.3) is 0 Å². The summed E-state index contributed by atoms with van der Waals surface area (Å²) >= 11 is 1.21. The van der Waals surface area contributed by atoms with Gasteiger partial charge in [-0.3, -0.25) is 0 Å². The highest BCUT2D eigenvalue weighted by Gasteiger charge is 2.19. The molecule has 1 fully saturated rings. The summed E-state index contributed by atoms with van der Waals surface area (Å²) < 4.78 is 14.8. The van der Waals surface area contributed by atoms with Crippen molar-refractivity contribution in [3.05, 3.63) is 54.2 Å². The SMILES string of the molecule is c1ccc(COc2ncccc2Nc2nsnc2N2CCNCC2)cc1. The smallest absolute Gasteiger partial charge is 0.238 e. The summed E-state index contributed by atoms with van der Waals surface area (Å²) in [4.78, 5) is 6.60. The van der Waals surface area contributed by atoms with Crippen molar-refractivity contribution in [3.8, 4) is 5.88 Å². The molecule has 26 heavy (non-hydrogen) atoms. The molecule has 134 valence electrons. The number of hydrogen-bond acceptors (Lipinski definition) is 8. The highest BCUT2D eigenvalue weighted by atomic mass is 32.1. The molecule has 3 aromatic rings. The van der Waals surface area contributed by atoms with Crippen LogP contribution in [-0.2, 0) is 6.61 Å². The zero-order chi connectivity index (χ0) is 17.6. The minimum absolute atomic E-state index is 0.465. The van der Waals surface area contributed by atoms with Gasteiger partial charge >= 0.3 is 0 Å². The Morgan fingerprint density at radius 2 is 1.92 bits per heavy atom. The van der Waals surface area contributed by atoms with Crippen molar-refractivity contribution in [2.24, 2.45) is 0 Å². The number of ether oxygens (including phenoxy) is 1. The fraction of sp³-hybridized carbons (Fsp3) is 0.278. The van der Waals surface area contributed by atoms with Gasteiger partial charge in [-0.15, -0.1) is 0 Å². The predicted molar refractivity (Wildman–Crippen MR) is 103 cm³/mol. The van der Waals surface area contributed by atoms with Gasteiger partial charge in [-0.25, -0.2) is 4.98 Å². The van der Waals surface area contributed by atoms with Gasteiger partial charge < -0.3 is 20.3 Å². The minimum Gasteiger partial charge on any atom is -0.471 e. The quantitative estimate of drug-likeness (QED) is 0.693. The van der Waals surface area contributed by atoms with E-state index in [1.807, 2.05) is 42.5 Å². The van der Waals surface area contributed by atoms with Crippen LogP contribution in [-0.4, -0.2) is 39.9 Å². The molecule has 1 aliphatic heterocycles. The lowest BCUT2D eigenvalue weighted by atomic mass is 10.2. The second-order valence-electron chi connectivity index (χ2n) is 5.93. The van der Waals surface area contributed by atoms with E-state index < -0.39 is 0 Å². The molecule has 0 radical (unpaired) electrons. The third-order valence-corrected chi connectivity index (χ3v) is 4.65. The Morgan fingerprint density at radius 3 is 2.77 bits per heavy atom. The topological polar surface area (TPSA) is 75.2 Å². The Morgan fingerprint density at radius 1 is 1.08 bits per heavy atom. The van der Waals surface area contributed by atoms with E-state index in [1.165, 1.54) is 11.7 Å². The van der Waals surface area contributed by atoms with Gasteiger partial charge in [0.1, 0.15) is 12.3 Å². The molecule has 3 heterocycles. The fourth-order valence-corrected chi connectivity index (χ4v) is 3.33. The molecule has 7 nitrogen and oxygen atoms in total. The zero-order valence-electron chi connectivity index (χ0n) is 14.3. The van der Waals surface area contributed by atoms with Crippen molar-refractivity contribution in [1.29, 1.82) is 0 Å². The number of nitrogens with one attached hydrogen (secondary N) is 2. The number of nitrogens with zero attached hydrogens (tertiary/aromatic N) is 4. The van der Waals surface area contributed by atoms with E-state index >= 15 is 0 Å². The monoisotopic (exact) mass is 368 g/mol. The molecule has 2 aromatic heterocycles. The van der Waals surface area contributed by atoms with Crippen molar-refractivity contribution >= 4 is 29.1 Å². The third kappa shape index (κ3) is 3.92. The van der Waals surface area contributed by atoms with E-state index in [9.17, 15) is 0 Å². The number of hydrogen-bond donors (Lipinski definition) is 2. The molecule has 1 aliphatic rings. The first kappa shape index (κ1) is 16.7. The highest BCUT2D eigenvalue weighted by molar-refractivity contribution is 6.99. The number of anilines is 3. The maximum Gasteiger partial charge on any atom is 0.238 e. The van der Waals surface area contributed by atoms with Gasteiger partial charge in [0, 0.05) is 32.4 Å². The second-order valence-corrected chi connectivity index (χ2v) is 6.46. The molecular weight excluding hydrogens is 348 g/mol. The molecule has 0 saturated carbocycles. The summed E-state index contributed by atoms with van der Waals surface area (Å²) in [5.74, 6) is 2.18. The van der Waals surface area contributed by atoms with Crippen LogP contribution in [0, 0.1) is 0 Å². The summed E-state index contributed by atoms with van der Waals surface area (Å²) in [6.45, 7) is 4.21. The van der Waals surface area contributed by atoms with Crippen LogP contribution in [0.1, 0.15) is 5.56 Å². The Hall–Kier alpha value is -2.71. The van der Waals surface area contributed by atoms with Gasteiger partial charge in [0.2, 0.25) is 5.88 Å². The number of piperazine rings is 1. The Kier molecular flexibility index (Phi) is 5.22. The standard InChI is InChI=1S/C18H20N6OS/c1-2-5-14(6-3-1)13-25-18-15(7-4-8-20-18)21-16-17(23-26-22-16)24-11-9-19-10-12-24/h1-8,19H,9-13H2,(H,21,22). The van der Waals surface area contributed by atoms with Crippen LogP contribution < -0.4 is 20.3 Å². The first-order valence-electron chi connectivity index (χ1n) is 8.57. The van der Waals surface area contributed by atoms with Crippen LogP contribution in [0.3, 0.4) is 0 Å². The second kappa shape index (κ2) is 8.11. The van der Waals surface area contributed by atoms with E-state index in [0.29, 0.717) is 12.5 Å². The number of aromatic nitrogens is 3. The van der Waals surface area contributed by atoms with E-state index in [0.717, 1.165) is 49.1 Å². The summed E-state index contributed by atoms with van der Waals surface area (Å²) in [6, 6.07) is 13.9. The van der Waals surface area contributed by atoms with Gasteiger partial charge in [-0.1, -0.05) is 30.3 Å². The molecule has 4 rings (SSSR count). The van der Waals surface area contributed by atoms with Gasteiger partial charge in [0.25, 0.3) is 0 Å². The maximum absolute atomic E-state index is 5.92. The molecule has 0 amide bonds. The van der Waals surface area contributed by atoms with E-state index in [4.69, 9.17) is 4.74 Å². The molecule has 0 unspecified atom stereocenters. The lowest BCUT2D eigenvalue weighted by Gasteiger charge is -2.27. The van der Waals surface area contributed by atoms with Crippen LogP contribution in [0.2, 0.25) is 0 Å². The molecule has 1 saturated heterocycles. The summed E-state index contributed by atoms with van der Waals surface area (Å²) in [5, 5.41) is 6.69. The molecule has 1 aromatic carbocycles. The van der Waals surface area contributed by atoms with Crippen molar-refractivity contribution in [3.63, 3.8) is 0 Å². The zero-order valence-corrected chi connectivity index (χ0v) is 15.1. The lowest BCUT2D eigenvalue weighted by Crippen LogP contribution is -2.43. The van der Waals surface area contributed by atoms with Crippen LogP contribution >= 0.6 is 11.7 Å². The number of rotatable bonds is 6. The molecule has 8 heteroatoms. The molecule has 0 aliphatic carbocycles. The van der Waals surface area contributed by atoms with E-state index in [1.54, 1.807) is 6.20 Å².